The zero-order valence-corrected chi connectivity index (χ0v) is 12.4. The van der Waals surface area contributed by atoms with Crippen LogP contribution in [0.25, 0.3) is 0 Å². The SMILES string of the molecule is CCC(N)C(N1CCCC(C(F)(F)F)C1)C(C)(C)C. The van der Waals surface area contributed by atoms with Crippen molar-refractivity contribution >= 4 is 0 Å². The lowest BCUT2D eigenvalue weighted by molar-refractivity contribution is -0.191. The van der Waals surface area contributed by atoms with Gasteiger partial charge in [0.1, 0.15) is 0 Å². The van der Waals surface area contributed by atoms with E-state index < -0.39 is 12.1 Å². The summed E-state index contributed by atoms with van der Waals surface area (Å²) in [4.78, 5) is 1.97. The molecule has 114 valence electrons. The molecule has 0 amide bonds. The van der Waals surface area contributed by atoms with Crippen LogP contribution in [0.4, 0.5) is 13.2 Å². The molecule has 5 heteroatoms. The number of nitrogens with zero attached hydrogens (tertiary/aromatic N) is 1. The van der Waals surface area contributed by atoms with E-state index in [4.69, 9.17) is 5.73 Å². The van der Waals surface area contributed by atoms with Crippen molar-refractivity contribution in [2.75, 3.05) is 13.1 Å². The highest BCUT2D eigenvalue weighted by molar-refractivity contribution is 4.93. The molecule has 0 saturated carbocycles. The van der Waals surface area contributed by atoms with E-state index in [1.807, 2.05) is 11.8 Å². The number of likely N-dealkylation sites (tertiary alicyclic amines) is 1. The molecule has 1 aliphatic heterocycles. The Kier molecular flexibility index (Phi) is 5.29. The minimum Gasteiger partial charge on any atom is -0.326 e. The largest absolute Gasteiger partial charge is 0.393 e. The van der Waals surface area contributed by atoms with Gasteiger partial charge in [0, 0.05) is 18.6 Å². The summed E-state index contributed by atoms with van der Waals surface area (Å²) in [7, 11) is 0. The van der Waals surface area contributed by atoms with Crippen molar-refractivity contribution in [3.05, 3.63) is 0 Å². The average Bonchev–Trinajstić information content (AvgIpc) is 2.26. The van der Waals surface area contributed by atoms with E-state index in [9.17, 15) is 13.2 Å². The Bertz CT molecular complexity index is 283. The van der Waals surface area contributed by atoms with Gasteiger partial charge in [-0.2, -0.15) is 13.2 Å². The molecule has 1 fully saturated rings. The number of hydrogen-bond donors (Lipinski definition) is 1. The summed E-state index contributed by atoms with van der Waals surface area (Å²) >= 11 is 0. The summed E-state index contributed by atoms with van der Waals surface area (Å²) in [6, 6.07) is -0.0744. The van der Waals surface area contributed by atoms with Gasteiger partial charge in [-0.05, 0) is 31.2 Å². The molecule has 1 saturated heterocycles. The van der Waals surface area contributed by atoms with Crippen molar-refractivity contribution in [2.45, 2.75) is 65.2 Å². The lowest BCUT2D eigenvalue weighted by Gasteiger charge is -2.47. The highest BCUT2D eigenvalue weighted by Gasteiger charge is 2.45. The maximum absolute atomic E-state index is 12.9. The van der Waals surface area contributed by atoms with Crippen LogP contribution in [0.2, 0.25) is 0 Å². The van der Waals surface area contributed by atoms with E-state index in [1.165, 1.54) is 0 Å². The van der Waals surface area contributed by atoms with Crippen LogP contribution in [-0.4, -0.2) is 36.2 Å². The Morgan fingerprint density at radius 3 is 2.26 bits per heavy atom. The van der Waals surface area contributed by atoms with Crippen molar-refractivity contribution < 1.29 is 13.2 Å². The maximum Gasteiger partial charge on any atom is 0.393 e. The molecule has 0 bridgehead atoms. The second kappa shape index (κ2) is 6.00. The highest BCUT2D eigenvalue weighted by atomic mass is 19.4. The number of hydrogen-bond acceptors (Lipinski definition) is 2. The zero-order valence-electron chi connectivity index (χ0n) is 12.4. The number of piperidine rings is 1. The van der Waals surface area contributed by atoms with E-state index >= 15 is 0 Å². The molecular formula is C14H27F3N2. The van der Waals surface area contributed by atoms with E-state index in [-0.39, 0.29) is 30.5 Å². The molecule has 1 heterocycles. The van der Waals surface area contributed by atoms with Gasteiger partial charge in [0.25, 0.3) is 0 Å². The van der Waals surface area contributed by atoms with Gasteiger partial charge in [-0.15, -0.1) is 0 Å². The molecule has 2 nitrogen and oxygen atoms in total. The molecule has 0 aromatic carbocycles. The van der Waals surface area contributed by atoms with Crippen LogP contribution < -0.4 is 5.73 Å². The van der Waals surface area contributed by atoms with E-state index in [0.717, 1.165) is 13.0 Å². The number of alkyl halides is 3. The smallest absolute Gasteiger partial charge is 0.326 e. The lowest BCUT2D eigenvalue weighted by Crippen LogP contribution is -2.58. The van der Waals surface area contributed by atoms with Crippen LogP contribution in [0.5, 0.6) is 0 Å². The summed E-state index contributed by atoms with van der Waals surface area (Å²) in [5.74, 6) is -1.20. The summed E-state index contributed by atoms with van der Waals surface area (Å²) in [6.07, 6.45) is -2.45. The number of rotatable bonds is 3. The fraction of sp³-hybridized carbons (Fsp3) is 1.00. The molecule has 19 heavy (non-hydrogen) atoms. The van der Waals surface area contributed by atoms with Gasteiger partial charge in [0.05, 0.1) is 5.92 Å². The average molecular weight is 280 g/mol. The lowest BCUT2D eigenvalue weighted by atomic mass is 9.79. The molecular weight excluding hydrogens is 253 g/mol. The van der Waals surface area contributed by atoms with Crippen LogP contribution in [-0.2, 0) is 0 Å². The number of nitrogens with two attached hydrogens (primary N) is 1. The Morgan fingerprint density at radius 2 is 1.84 bits per heavy atom. The Balaban J connectivity index is 2.85. The van der Waals surface area contributed by atoms with Gasteiger partial charge in [-0.3, -0.25) is 4.90 Å². The third kappa shape index (κ3) is 4.35. The number of halogens is 3. The van der Waals surface area contributed by atoms with Gasteiger partial charge < -0.3 is 5.73 Å². The zero-order chi connectivity index (χ0) is 14.8. The van der Waals surface area contributed by atoms with Crippen molar-refractivity contribution in [3.8, 4) is 0 Å². The normalized spacial score (nSPS) is 26.2. The molecule has 0 spiro atoms. The van der Waals surface area contributed by atoms with Gasteiger partial charge in [-0.1, -0.05) is 27.7 Å². The first-order valence-corrected chi connectivity index (χ1v) is 7.13. The predicted molar refractivity (Wildman–Crippen MR) is 71.9 cm³/mol. The van der Waals surface area contributed by atoms with Gasteiger partial charge in [0.15, 0.2) is 0 Å². The topological polar surface area (TPSA) is 29.3 Å². The Morgan fingerprint density at radius 1 is 1.26 bits per heavy atom. The molecule has 0 aromatic rings. The molecule has 0 radical (unpaired) electrons. The van der Waals surface area contributed by atoms with Gasteiger partial charge >= 0.3 is 6.18 Å². The Hall–Kier alpha value is -0.290. The molecule has 1 rings (SSSR count). The van der Waals surface area contributed by atoms with Crippen LogP contribution >= 0.6 is 0 Å². The maximum atomic E-state index is 12.9. The van der Waals surface area contributed by atoms with Crippen LogP contribution in [0, 0.1) is 11.3 Å². The third-order valence-corrected chi connectivity index (χ3v) is 4.07. The highest BCUT2D eigenvalue weighted by Crippen LogP contribution is 2.37. The third-order valence-electron chi connectivity index (χ3n) is 4.07. The van der Waals surface area contributed by atoms with Crippen LogP contribution in [0.3, 0.4) is 0 Å². The van der Waals surface area contributed by atoms with E-state index in [0.29, 0.717) is 6.42 Å². The van der Waals surface area contributed by atoms with Crippen molar-refractivity contribution in [3.63, 3.8) is 0 Å². The molecule has 3 atom stereocenters. The molecule has 3 unspecified atom stereocenters. The standard InChI is InChI=1S/C14H27F3N2/c1-5-11(18)12(13(2,3)4)19-8-6-7-10(9-19)14(15,16)17/h10-12H,5-9,18H2,1-4H3. The minimum atomic E-state index is -4.09. The summed E-state index contributed by atoms with van der Waals surface area (Å²) in [5.41, 5.74) is 6.06. The van der Waals surface area contributed by atoms with E-state index in [1.54, 1.807) is 0 Å². The van der Waals surface area contributed by atoms with Crippen LogP contribution in [0.15, 0.2) is 0 Å². The second-order valence-electron chi connectivity index (χ2n) is 6.76. The van der Waals surface area contributed by atoms with E-state index in [2.05, 4.69) is 20.8 Å². The van der Waals surface area contributed by atoms with Gasteiger partial charge in [0.2, 0.25) is 0 Å². The van der Waals surface area contributed by atoms with Crippen molar-refractivity contribution in [1.82, 2.24) is 4.90 Å². The first-order chi connectivity index (χ1) is 8.57. The predicted octanol–water partition coefficient (Wildman–Crippen LogP) is 3.41. The minimum absolute atomic E-state index is 0.00245. The first-order valence-electron chi connectivity index (χ1n) is 7.13. The van der Waals surface area contributed by atoms with Gasteiger partial charge in [-0.25, -0.2) is 0 Å². The van der Waals surface area contributed by atoms with Crippen molar-refractivity contribution in [2.24, 2.45) is 17.1 Å². The molecule has 0 aromatic heterocycles. The van der Waals surface area contributed by atoms with Crippen LogP contribution in [0.1, 0.15) is 47.0 Å². The fourth-order valence-corrected chi connectivity index (χ4v) is 3.21. The second-order valence-corrected chi connectivity index (χ2v) is 6.76. The first kappa shape index (κ1) is 16.8. The summed E-state index contributed by atoms with van der Waals surface area (Å²) < 4.78 is 38.7. The summed E-state index contributed by atoms with van der Waals surface area (Å²) in [5, 5.41) is 0. The molecule has 2 N–H and O–H groups in total. The molecule has 0 aliphatic carbocycles. The molecule has 1 aliphatic rings. The van der Waals surface area contributed by atoms with Crippen molar-refractivity contribution in [1.29, 1.82) is 0 Å². The monoisotopic (exact) mass is 280 g/mol. The fourth-order valence-electron chi connectivity index (χ4n) is 3.21. The summed E-state index contributed by atoms with van der Waals surface area (Å²) in [6.45, 7) is 9.00. The Labute approximate surface area is 114 Å². The quantitative estimate of drug-likeness (QED) is 0.858.